The Kier molecular flexibility index (Phi) is 3.67. The highest BCUT2D eigenvalue weighted by molar-refractivity contribution is 5.54. The Bertz CT molecular complexity index is 390. The van der Waals surface area contributed by atoms with E-state index in [0.29, 0.717) is 12.1 Å². The van der Waals surface area contributed by atoms with Gasteiger partial charge in [-0.2, -0.15) is 0 Å². The number of hydrogen-bond acceptors (Lipinski definition) is 2. The predicted molar refractivity (Wildman–Crippen MR) is 70.0 cm³/mol. The van der Waals surface area contributed by atoms with Crippen molar-refractivity contribution in [2.75, 3.05) is 18.0 Å². The molecule has 0 radical (unpaired) electrons. The lowest BCUT2D eigenvalue weighted by Gasteiger charge is -2.22. The van der Waals surface area contributed by atoms with Crippen LogP contribution in [-0.4, -0.2) is 25.2 Å². The van der Waals surface area contributed by atoms with Crippen LogP contribution in [0.15, 0.2) is 18.2 Å². The van der Waals surface area contributed by atoms with Crippen LogP contribution in [0.4, 0.5) is 10.1 Å². The van der Waals surface area contributed by atoms with Crippen LogP contribution >= 0.6 is 0 Å². The van der Waals surface area contributed by atoms with Crippen molar-refractivity contribution < 1.29 is 4.39 Å². The van der Waals surface area contributed by atoms with E-state index in [1.165, 1.54) is 6.07 Å². The summed E-state index contributed by atoms with van der Waals surface area (Å²) in [6, 6.07) is 6.06. The van der Waals surface area contributed by atoms with Gasteiger partial charge in [-0.25, -0.2) is 4.39 Å². The normalized spacial score (nSPS) is 20.3. The molecule has 1 N–H and O–H groups in total. The largest absolute Gasteiger partial charge is 0.370 e. The molecule has 1 unspecified atom stereocenters. The second-order valence-electron chi connectivity index (χ2n) is 5.18. The lowest BCUT2D eigenvalue weighted by molar-refractivity contribution is 0.492. The van der Waals surface area contributed by atoms with Gasteiger partial charge in [-0.05, 0) is 31.0 Å². The fourth-order valence-electron chi connectivity index (χ4n) is 2.51. The van der Waals surface area contributed by atoms with Gasteiger partial charge in [-0.3, -0.25) is 0 Å². The number of nitrogens with one attached hydrogen (secondary N) is 1. The molecule has 0 amide bonds. The summed E-state index contributed by atoms with van der Waals surface area (Å²) in [4.78, 5) is 2.28. The van der Waals surface area contributed by atoms with Crippen LogP contribution in [0.1, 0.15) is 25.8 Å². The summed E-state index contributed by atoms with van der Waals surface area (Å²) in [6.07, 6.45) is 1.13. The molecule has 17 heavy (non-hydrogen) atoms. The Labute approximate surface area is 103 Å². The molecule has 1 aromatic rings. The molecule has 1 heterocycles. The minimum atomic E-state index is -0.147. The number of rotatable bonds is 3. The molecule has 1 atom stereocenters. The summed E-state index contributed by atoms with van der Waals surface area (Å²) in [7, 11) is 0. The third-order valence-electron chi connectivity index (χ3n) is 3.27. The number of anilines is 1. The van der Waals surface area contributed by atoms with Crippen LogP contribution in [-0.2, 0) is 0 Å². The second-order valence-corrected chi connectivity index (χ2v) is 5.18. The summed E-state index contributed by atoms with van der Waals surface area (Å²) in [5, 5.41) is 3.54. The topological polar surface area (TPSA) is 15.3 Å². The lowest BCUT2D eigenvalue weighted by atomic mass is 10.2. The van der Waals surface area contributed by atoms with Crippen LogP contribution in [0, 0.1) is 12.7 Å². The first-order valence-corrected chi connectivity index (χ1v) is 6.33. The number of aryl methyl sites for hydroxylation is 1. The SMILES string of the molecule is Cc1ccc(F)cc1N1CCC(NC(C)C)C1. The highest BCUT2D eigenvalue weighted by Crippen LogP contribution is 2.25. The fraction of sp³-hybridized carbons (Fsp3) is 0.571. The van der Waals surface area contributed by atoms with Gasteiger partial charge < -0.3 is 10.2 Å². The molecule has 0 spiro atoms. The molecule has 2 nitrogen and oxygen atoms in total. The quantitative estimate of drug-likeness (QED) is 0.868. The standard InChI is InChI=1S/C14H21FN2/c1-10(2)16-13-6-7-17(9-13)14-8-12(15)5-4-11(14)3/h4-5,8,10,13,16H,6-7,9H2,1-3H3. The van der Waals surface area contributed by atoms with E-state index in [1.54, 1.807) is 6.07 Å². The Balaban J connectivity index is 2.07. The second kappa shape index (κ2) is 5.05. The first kappa shape index (κ1) is 12.4. The van der Waals surface area contributed by atoms with Crippen LogP contribution < -0.4 is 10.2 Å². The Morgan fingerprint density at radius 3 is 2.88 bits per heavy atom. The lowest BCUT2D eigenvalue weighted by Crippen LogP contribution is -2.37. The van der Waals surface area contributed by atoms with Crippen molar-refractivity contribution in [3.8, 4) is 0 Å². The van der Waals surface area contributed by atoms with E-state index in [1.807, 2.05) is 13.0 Å². The van der Waals surface area contributed by atoms with Crippen molar-refractivity contribution in [1.82, 2.24) is 5.32 Å². The maximum atomic E-state index is 13.3. The number of nitrogens with zero attached hydrogens (tertiary/aromatic N) is 1. The molecule has 0 bridgehead atoms. The van der Waals surface area contributed by atoms with Crippen LogP contribution in [0.5, 0.6) is 0 Å². The van der Waals surface area contributed by atoms with Crippen molar-refractivity contribution >= 4 is 5.69 Å². The van der Waals surface area contributed by atoms with Gasteiger partial charge in [0, 0.05) is 30.9 Å². The molecule has 1 aromatic carbocycles. The molecule has 1 aliphatic heterocycles. The van der Waals surface area contributed by atoms with Crippen molar-refractivity contribution in [2.24, 2.45) is 0 Å². The zero-order valence-electron chi connectivity index (χ0n) is 10.8. The summed E-state index contributed by atoms with van der Waals surface area (Å²) < 4.78 is 13.3. The predicted octanol–water partition coefficient (Wildman–Crippen LogP) is 2.71. The molecule has 94 valence electrons. The van der Waals surface area contributed by atoms with E-state index < -0.39 is 0 Å². The first-order valence-electron chi connectivity index (χ1n) is 6.33. The summed E-state index contributed by atoms with van der Waals surface area (Å²) >= 11 is 0. The van der Waals surface area contributed by atoms with Crippen LogP contribution in [0.25, 0.3) is 0 Å². The van der Waals surface area contributed by atoms with Gasteiger partial charge in [-0.1, -0.05) is 19.9 Å². The zero-order chi connectivity index (χ0) is 12.4. The van der Waals surface area contributed by atoms with E-state index >= 15 is 0 Å². The maximum absolute atomic E-state index is 13.3. The average Bonchev–Trinajstić information content (AvgIpc) is 2.69. The Morgan fingerprint density at radius 2 is 2.18 bits per heavy atom. The van der Waals surface area contributed by atoms with Gasteiger partial charge in [0.1, 0.15) is 5.82 Å². The number of benzene rings is 1. The molecular weight excluding hydrogens is 215 g/mol. The summed E-state index contributed by atoms with van der Waals surface area (Å²) in [6.45, 7) is 8.35. The van der Waals surface area contributed by atoms with Crippen LogP contribution in [0.3, 0.4) is 0 Å². The van der Waals surface area contributed by atoms with E-state index in [-0.39, 0.29) is 5.82 Å². The van der Waals surface area contributed by atoms with Gasteiger partial charge in [0.2, 0.25) is 0 Å². The summed E-state index contributed by atoms with van der Waals surface area (Å²) in [5.41, 5.74) is 2.19. The van der Waals surface area contributed by atoms with Crippen LogP contribution in [0.2, 0.25) is 0 Å². The molecule has 1 fully saturated rings. The van der Waals surface area contributed by atoms with E-state index in [9.17, 15) is 4.39 Å². The minimum Gasteiger partial charge on any atom is -0.370 e. The third-order valence-corrected chi connectivity index (χ3v) is 3.27. The molecule has 1 saturated heterocycles. The zero-order valence-corrected chi connectivity index (χ0v) is 10.8. The maximum Gasteiger partial charge on any atom is 0.125 e. The summed E-state index contributed by atoms with van der Waals surface area (Å²) in [5.74, 6) is -0.147. The first-order chi connectivity index (χ1) is 8.06. The molecule has 2 rings (SSSR count). The van der Waals surface area contributed by atoms with Crippen molar-refractivity contribution in [1.29, 1.82) is 0 Å². The van der Waals surface area contributed by atoms with E-state index in [2.05, 4.69) is 24.1 Å². The van der Waals surface area contributed by atoms with E-state index in [4.69, 9.17) is 0 Å². The molecule has 0 aliphatic carbocycles. The fourth-order valence-corrected chi connectivity index (χ4v) is 2.51. The van der Waals surface area contributed by atoms with Crippen molar-refractivity contribution in [3.05, 3.63) is 29.6 Å². The van der Waals surface area contributed by atoms with Gasteiger partial charge in [0.05, 0.1) is 0 Å². The molecule has 1 aliphatic rings. The van der Waals surface area contributed by atoms with Gasteiger partial charge >= 0.3 is 0 Å². The number of hydrogen-bond donors (Lipinski definition) is 1. The molecule has 0 aromatic heterocycles. The van der Waals surface area contributed by atoms with Crippen molar-refractivity contribution in [2.45, 2.75) is 39.3 Å². The van der Waals surface area contributed by atoms with Gasteiger partial charge in [0.15, 0.2) is 0 Å². The van der Waals surface area contributed by atoms with Gasteiger partial charge in [-0.15, -0.1) is 0 Å². The van der Waals surface area contributed by atoms with Gasteiger partial charge in [0.25, 0.3) is 0 Å². The molecular formula is C14H21FN2. The highest BCUT2D eigenvalue weighted by Gasteiger charge is 2.23. The highest BCUT2D eigenvalue weighted by atomic mass is 19.1. The molecule has 3 heteroatoms. The monoisotopic (exact) mass is 236 g/mol. The number of halogens is 1. The molecule has 0 saturated carbocycles. The Morgan fingerprint density at radius 1 is 1.41 bits per heavy atom. The average molecular weight is 236 g/mol. The van der Waals surface area contributed by atoms with Crippen molar-refractivity contribution in [3.63, 3.8) is 0 Å². The Hall–Kier alpha value is -1.09. The smallest absolute Gasteiger partial charge is 0.125 e. The minimum absolute atomic E-state index is 0.147. The third kappa shape index (κ3) is 2.97. The van der Waals surface area contributed by atoms with E-state index in [0.717, 1.165) is 30.8 Å².